The number of nitrogens with one attached hydrogen (secondary N) is 1. The van der Waals surface area contributed by atoms with E-state index in [1.165, 1.54) is 16.9 Å². The van der Waals surface area contributed by atoms with Gasteiger partial charge in [0, 0.05) is 5.56 Å². The Balaban J connectivity index is 1.49. The molecule has 6 rings (SSSR count). The summed E-state index contributed by atoms with van der Waals surface area (Å²) in [5.74, 6) is -0.158. The molecule has 1 saturated heterocycles. The Hall–Kier alpha value is -3.63. The zero-order valence-electron chi connectivity index (χ0n) is 20.4. The van der Waals surface area contributed by atoms with Gasteiger partial charge < -0.3 is 0 Å². The first-order valence-electron chi connectivity index (χ1n) is 12.2. The van der Waals surface area contributed by atoms with Gasteiger partial charge in [-0.05, 0) is 43.5 Å². The van der Waals surface area contributed by atoms with Gasteiger partial charge in [0.05, 0.1) is 50.1 Å². The molecular formula is C27H25N5O3S2. The third kappa shape index (κ3) is 4.40. The van der Waals surface area contributed by atoms with Crippen LogP contribution in [0.3, 0.4) is 0 Å². The Morgan fingerprint density at radius 1 is 1.14 bits per heavy atom. The molecule has 0 aliphatic carbocycles. The molecule has 1 N–H and O–H groups in total. The van der Waals surface area contributed by atoms with Crippen molar-refractivity contribution in [3.05, 3.63) is 71.4 Å². The minimum atomic E-state index is -3.13. The van der Waals surface area contributed by atoms with Crippen LogP contribution in [0.4, 0.5) is 5.13 Å². The number of aryl methyl sites for hydroxylation is 2. The van der Waals surface area contributed by atoms with E-state index in [9.17, 15) is 13.2 Å². The molecule has 10 heteroatoms. The Morgan fingerprint density at radius 2 is 1.92 bits per heavy atom. The number of hydrogen-bond donors (Lipinski definition) is 1. The van der Waals surface area contributed by atoms with Crippen LogP contribution >= 0.6 is 11.3 Å². The standard InChI is InChI=1S/C27H25N5O3S2/c1-3-17-8-10-18(11-9-17)22-14-20(26(33)30-27-29-21-6-4-5-7-23(21)36-27)24-16(2)31-32(25(24)28-22)19-12-13-37(34,35)15-19/h4-11,14,19H,3,12-13,15H2,1-2H3,(H,29,30,33). The first-order valence-corrected chi connectivity index (χ1v) is 14.8. The number of sulfone groups is 1. The van der Waals surface area contributed by atoms with E-state index in [0.29, 0.717) is 39.5 Å². The van der Waals surface area contributed by atoms with Crippen molar-refractivity contribution >= 4 is 53.5 Å². The first kappa shape index (κ1) is 23.7. The summed E-state index contributed by atoms with van der Waals surface area (Å²) < 4.78 is 27.1. The molecule has 188 valence electrons. The summed E-state index contributed by atoms with van der Waals surface area (Å²) in [6.07, 6.45) is 1.40. The lowest BCUT2D eigenvalue weighted by Gasteiger charge is -2.12. The van der Waals surface area contributed by atoms with E-state index in [1.807, 2.05) is 55.5 Å². The van der Waals surface area contributed by atoms with Gasteiger partial charge in [0.1, 0.15) is 0 Å². The summed E-state index contributed by atoms with van der Waals surface area (Å²) in [6.45, 7) is 3.93. The molecule has 8 nitrogen and oxygen atoms in total. The Bertz CT molecular complexity index is 1740. The number of anilines is 1. The number of rotatable bonds is 5. The summed E-state index contributed by atoms with van der Waals surface area (Å²) in [6, 6.07) is 17.3. The Morgan fingerprint density at radius 3 is 2.62 bits per heavy atom. The molecule has 0 spiro atoms. The van der Waals surface area contributed by atoms with Gasteiger partial charge in [-0.2, -0.15) is 5.10 Å². The van der Waals surface area contributed by atoms with Crippen LogP contribution in [0.5, 0.6) is 0 Å². The topological polar surface area (TPSA) is 107 Å². The fourth-order valence-corrected chi connectivity index (χ4v) is 7.42. The number of aromatic nitrogens is 4. The first-order chi connectivity index (χ1) is 17.8. The van der Waals surface area contributed by atoms with E-state index in [0.717, 1.165) is 22.2 Å². The molecule has 1 unspecified atom stereocenters. The van der Waals surface area contributed by atoms with Gasteiger partial charge in [-0.15, -0.1) is 0 Å². The van der Waals surface area contributed by atoms with Gasteiger partial charge in [-0.25, -0.2) is 23.1 Å². The zero-order valence-corrected chi connectivity index (χ0v) is 22.1. The predicted octanol–water partition coefficient (Wildman–Crippen LogP) is 5.19. The molecule has 1 fully saturated rings. The highest BCUT2D eigenvalue weighted by Gasteiger charge is 2.32. The van der Waals surface area contributed by atoms with Crippen LogP contribution in [-0.4, -0.2) is 45.6 Å². The van der Waals surface area contributed by atoms with Crippen molar-refractivity contribution in [3.63, 3.8) is 0 Å². The van der Waals surface area contributed by atoms with E-state index in [2.05, 4.69) is 22.3 Å². The molecule has 37 heavy (non-hydrogen) atoms. The number of fused-ring (bicyclic) bond motifs is 2. The van der Waals surface area contributed by atoms with Gasteiger partial charge in [-0.3, -0.25) is 10.1 Å². The number of hydrogen-bond acceptors (Lipinski definition) is 7. The summed E-state index contributed by atoms with van der Waals surface area (Å²) in [5.41, 5.74) is 5.12. The molecule has 0 saturated carbocycles. The highest BCUT2D eigenvalue weighted by Crippen LogP contribution is 2.33. The fraction of sp³-hybridized carbons (Fsp3) is 0.259. The third-order valence-corrected chi connectivity index (χ3v) is 9.51. The minimum Gasteiger partial charge on any atom is -0.298 e. The maximum absolute atomic E-state index is 13.7. The van der Waals surface area contributed by atoms with Gasteiger partial charge in [-0.1, -0.05) is 54.7 Å². The van der Waals surface area contributed by atoms with Crippen molar-refractivity contribution in [2.75, 3.05) is 16.8 Å². The number of benzene rings is 2. The number of carbonyl (C=O) groups excluding carboxylic acids is 1. The number of carbonyl (C=O) groups is 1. The second-order valence-corrected chi connectivity index (χ2v) is 12.6. The lowest BCUT2D eigenvalue weighted by Crippen LogP contribution is -2.15. The summed E-state index contributed by atoms with van der Waals surface area (Å²) in [7, 11) is -3.13. The van der Waals surface area contributed by atoms with Crippen LogP contribution in [0.25, 0.3) is 32.5 Å². The van der Waals surface area contributed by atoms with Crippen LogP contribution < -0.4 is 5.32 Å². The van der Waals surface area contributed by atoms with Gasteiger partial charge in [0.2, 0.25) is 0 Å². The summed E-state index contributed by atoms with van der Waals surface area (Å²) >= 11 is 1.41. The predicted molar refractivity (Wildman–Crippen MR) is 147 cm³/mol. The number of amides is 1. The van der Waals surface area contributed by atoms with Crippen LogP contribution in [0.2, 0.25) is 0 Å². The molecule has 1 amide bonds. The largest absolute Gasteiger partial charge is 0.298 e. The number of para-hydroxylation sites is 1. The smallest absolute Gasteiger partial charge is 0.258 e. The van der Waals surface area contributed by atoms with E-state index in [4.69, 9.17) is 4.98 Å². The molecule has 3 aromatic heterocycles. The highest BCUT2D eigenvalue weighted by molar-refractivity contribution is 7.91. The van der Waals surface area contributed by atoms with Crippen molar-refractivity contribution in [1.29, 1.82) is 0 Å². The molecule has 1 atom stereocenters. The maximum Gasteiger partial charge on any atom is 0.258 e. The molecule has 5 aromatic rings. The van der Waals surface area contributed by atoms with Crippen molar-refractivity contribution < 1.29 is 13.2 Å². The number of pyridine rings is 1. The van der Waals surface area contributed by atoms with Crippen molar-refractivity contribution in [2.45, 2.75) is 32.7 Å². The normalized spacial score (nSPS) is 17.0. The molecular weight excluding hydrogens is 506 g/mol. The average Bonchev–Trinajstić information content (AvgIpc) is 3.57. The van der Waals surface area contributed by atoms with Crippen LogP contribution in [0.15, 0.2) is 54.6 Å². The van der Waals surface area contributed by atoms with E-state index in [-0.39, 0.29) is 23.5 Å². The molecule has 1 aliphatic heterocycles. The van der Waals surface area contributed by atoms with E-state index in [1.54, 1.807) is 10.7 Å². The summed E-state index contributed by atoms with van der Waals surface area (Å²) in [4.78, 5) is 23.1. The molecule has 0 bridgehead atoms. The second-order valence-electron chi connectivity index (χ2n) is 9.33. The monoisotopic (exact) mass is 531 g/mol. The van der Waals surface area contributed by atoms with Crippen LogP contribution in [0, 0.1) is 6.92 Å². The van der Waals surface area contributed by atoms with E-state index >= 15 is 0 Å². The van der Waals surface area contributed by atoms with Crippen LogP contribution in [0.1, 0.15) is 41.0 Å². The minimum absolute atomic E-state index is 0.0214. The van der Waals surface area contributed by atoms with Gasteiger partial charge in [0.25, 0.3) is 5.91 Å². The average molecular weight is 532 g/mol. The van der Waals surface area contributed by atoms with Crippen molar-refractivity contribution in [2.24, 2.45) is 0 Å². The Kier molecular flexibility index (Phi) is 5.80. The fourth-order valence-electron chi connectivity index (χ4n) is 4.86. The Labute approximate surface area is 218 Å². The zero-order chi connectivity index (χ0) is 25.7. The number of nitrogens with zero attached hydrogens (tertiary/aromatic N) is 4. The lowest BCUT2D eigenvalue weighted by molar-refractivity contribution is 0.102. The quantitative estimate of drug-likeness (QED) is 0.334. The van der Waals surface area contributed by atoms with Crippen LogP contribution in [-0.2, 0) is 16.3 Å². The van der Waals surface area contributed by atoms with Crippen molar-refractivity contribution in [1.82, 2.24) is 19.7 Å². The second kappa shape index (κ2) is 9.04. The summed E-state index contributed by atoms with van der Waals surface area (Å²) in [5, 5.41) is 8.78. The molecule has 2 aromatic carbocycles. The highest BCUT2D eigenvalue weighted by atomic mass is 32.2. The van der Waals surface area contributed by atoms with Gasteiger partial charge >= 0.3 is 0 Å². The SMILES string of the molecule is CCc1ccc(-c2cc(C(=O)Nc3nc4ccccc4s3)c3c(C)nn(C4CCS(=O)(=O)C4)c3n2)cc1. The molecule has 0 radical (unpaired) electrons. The van der Waals surface area contributed by atoms with Gasteiger partial charge in [0.15, 0.2) is 20.6 Å². The van der Waals surface area contributed by atoms with E-state index < -0.39 is 9.84 Å². The number of thiazole rings is 1. The lowest BCUT2D eigenvalue weighted by atomic mass is 10.0. The van der Waals surface area contributed by atoms with Crippen molar-refractivity contribution in [3.8, 4) is 11.3 Å². The molecule has 1 aliphatic rings. The molecule has 4 heterocycles. The third-order valence-electron chi connectivity index (χ3n) is 6.81. The maximum atomic E-state index is 13.7.